The van der Waals surface area contributed by atoms with Gasteiger partial charge in [0.1, 0.15) is 5.82 Å². The van der Waals surface area contributed by atoms with E-state index in [0.717, 1.165) is 18.2 Å². The number of morpholine rings is 1. The first-order valence-corrected chi connectivity index (χ1v) is 6.43. The molecule has 1 aromatic rings. The molecule has 0 spiro atoms. The maximum Gasteiger partial charge on any atom is 0.311 e. The molecule has 8 heteroatoms. The number of carbonyl (C=O) groups excluding carboxylic acids is 1. The van der Waals surface area contributed by atoms with Gasteiger partial charge in [-0.15, -0.1) is 0 Å². The van der Waals surface area contributed by atoms with E-state index >= 15 is 0 Å². The van der Waals surface area contributed by atoms with Gasteiger partial charge in [-0.2, -0.15) is 0 Å². The van der Waals surface area contributed by atoms with Crippen molar-refractivity contribution in [2.24, 2.45) is 0 Å². The number of hydrogen-bond acceptors (Lipinski definition) is 5. The molecule has 1 atom stereocenters. The summed E-state index contributed by atoms with van der Waals surface area (Å²) >= 11 is 0. The predicted molar refractivity (Wildman–Crippen MR) is 70.5 cm³/mol. The Labute approximate surface area is 120 Å². The first-order valence-electron chi connectivity index (χ1n) is 6.43. The standard InChI is InChI=1S/C13H15FN2O5/c1-9-7-15(4-5-20-9)13(17)8-21-12-6-10(14)2-3-11(12)16(18)19/h2-3,6,9H,4-5,7-8H2,1H3. The summed E-state index contributed by atoms with van der Waals surface area (Å²) in [5.41, 5.74) is -0.375. The number of halogens is 1. The van der Waals surface area contributed by atoms with Crippen LogP contribution in [0.4, 0.5) is 10.1 Å². The monoisotopic (exact) mass is 298 g/mol. The summed E-state index contributed by atoms with van der Waals surface area (Å²) in [5.74, 6) is -1.23. The van der Waals surface area contributed by atoms with Gasteiger partial charge in [0.25, 0.3) is 5.91 Å². The SMILES string of the molecule is CC1CN(C(=O)COc2cc(F)ccc2[N+](=O)[O-])CCO1. The lowest BCUT2D eigenvalue weighted by Crippen LogP contribution is -2.46. The average molecular weight is 298 g/mol. The Hall–Kier alpha value is -2.22. The average Bonchev–Trinajstić information content (AvgIpc) is 2.44. The fourth-order valence-electron chi connectivity index (χ4n) is 2.03. The number of nitrogens with zero attached hydrogens (tertiary/aromatic N) is 2. The molecular formula is C13H15FN2O5. The van der Waals surface area contributed by atoms with E-state index in [1.807, 2.05) is 6.92 Å². The molecule has 0 N–H and O–H groups in total. The molecular weight excluding hydrogens is 283 g/mol. The molecule has 7 nitrogen and oxygen atoms in total. The van der Waals surface area contributed by atoms with E-state index in [0.29, 0.717) is 19.7 Å². The van der Waals surface area contributed by atoms with Gasteiger partial charge in [0, 0.05) is 25.2 Å². The number of amides is 1. The van der Waals surface area contributed by atoms with Crippen LogP contribution in [0.3, 0.4) is 0 Å². The Balaban J connectivity index is 2.00. The van der Waals surface area contributed by atoms with Crippen LogP contribution in [0.25, 0.3) is 0 Å². The van der Waals surface area contributed by atoms with E-state index in [1.165, 1.54) is 0 Å². The van der Waals surface area contributed by atoms with Gasteiger partial charge in [0.2, 0.25) is 5.75 Å². The second-order valence-electron chi connectivity index (χ2n) is 4.68. The van der Waals surface area contributed by atoms with Crippen molar-refractivity contribution in [2.75, 3.05) is 26.3 Å². The van der Waals surface area contributed by atoms with Gasteiger partial charge in [-0.05, 0) is 13.0 Å². The van der Waals surface area contributed by atoms with Crippen LogP contribution in [-0.4, -0.2) is 48.1 Å². The molecule has 1 saturated heterocycles. The first-order chi connectivity index (χ1) is 9.97. The number of nitro groups is 1. The van der Waals surface area contributed by atoms with E-state index in [4.69, 9.17) is 9.47 Å². The van der Waals surface area contributed by atoms with Crippen LogP contribution >= 0.6 is 0 Å². The minimum absolute atomic E-state index is 0.0637. The lowest BCUT2D eigenvalue weighted by atomic mass is 10.3. The van der Waals surface area contributed by atoms with Gasteiger partial charge in [0.15, 0.2) is 6.61 Å². The van der Waals surface area contributed by atoms with Crippen molar-refractivity contribution in [3.8, 4) is 5.75 Å². The number of hydrogen-bond donors (Lipinski definition) is 0. The highest BCUT2D eigenvalue weighted by Gasteiger charge is 2.23. The quantitative estimate of drug-likeness (QED) is 0.619. The van der Waals surface area contributed by atoms with Crippen LogP contribution in [0, 0.1) is 15.9 Å². The summed E-state index contributed by atoms with van der Waals surface area (Å²) in [4.78, 5) is 23.6. The number of rotatable bonds is 4. The lowest BCUT2D eigenvalue weighted by molar-refractivity contribution is -0.385. The van der Waals surface area contributed by atoms with Crippen molar-refractivity contribution >= 4 is 11.6 Å². The highest BCUT2D eigenvalue weighted by atomic mass is 19.1. The summed E-state index contributed by atoms with van der Waals surface area (Å²) in [6.07, 6.45) is -0.0637. The number of benzene rings is 1. The normalized spacial score (nSPS) is 18.4. The zero-order valence-corrected chi connectivity index (χ0v) is 11.5. The molecule has 0 radical (unpaired) electrons. The number of carbonyl (C=O) groups is 1. The highest BCUT2D eigenvalue weighted by molar-refractivity contribution is 5.78. The molecule has 21 heavy (non-hydrogen) atoms. The zero-order chi connectivity index (χ0) is 15.4. The van der Waals surface area contributed by atoms with Crippen molar-refractivity contribution in [2.45, 2.75) is 13.0 Å². The lowest BCUT2D eigenvalue weighted by Gasteiger charge is -2.31. The fraction of sp³-hybridized carbons (Fsp3) is 0.462. The van der Waals surface area contributed by atoms with E-state index in [2.05, 4.69) is 0 Å². The second-order valence-corrected chi connectivity index (χ2v) is 4.68. The molecule has 1 amide bonds. The van der Waals surface area contributed by atoms with Gasteiger partial charge < -0.3 is 14.4 Å². The van der Waals surface area contributed by atoms with Crippen molar-refractivity contribution in [1.82, 2.24) is 4.90 Å². The van der Waals surface area contributed by atoms with Crippen LogP contribution < -0.4 is 4.74 Å². The van der Waals surface area contributed by atoms with Crippen molar-refractivity contribution < 1.29 is 23.6 Å². The Bertz CT molecular complexity index is 551. The summed E-state index contributed by atoms with van der Waals surface area (Å²) in [5, 5.41) is 10.8. The van der Waals surface area contributed by atoms with Gasteiger partial charge in [-0.1, -0.05) is 0 Å². The largest absolute Gasteiger partial charge is 0.477 e. The maximum atomic E-state index is 13.1. The van der Waals surface area contributed by atoms with E-state index in [-0.39, 0.29) is 30.1 Å². The molecule has 1 unspecified atom stereocenters. The minimum Gasteiger partial charge on any atom is -0.477 e. The fourth-order valence-corrected chi connectivity index (χ4v) is 2.03. The molecule has 114 valence electrons. The van der Waals surface area contributed by atoms with Crippen molar-refractivity contribution in [3.05, 3.63) is 34.1 Å². The van der Waals surface area contributed by atoms with E-state index in [9.17, 15) is 19.3 Å². The Morgan fingerprint density at radius 1 is 1.62 bits per heavy atom. The Morgan fingerprint density at radius 3 is 3.05 bits per heavy atom. The minimum atomic E-state index is -0.684. The van der Waals surface area contributed by atoms with Gasteiger partial charge in [-0.25, -0.2) is 4.39 Å². The predicted octanol–water partition coefficient (Wildman–Crippen LogP) is 1.36. The molecule has 1 aromatic carbocycles. The summed E-state index contributed by atoms with van der Waals surface area (Å²) in [6.45, 7) is 2.78. The van der Waals surface area contributed by atoms with Crippen LogP contribution in [0.15, 0.2) is 18.2 Å². The number of ether oxygens (including phenoxy) is 2. The summed E-state index contributed by atoms with van der Waals surface area (Å²) in [6, 6.07) is 2.87. The summed E-state index contributed by atoms with van der Waals surface area (Å²) in [7, 11) is 0. The molecule has 0 aliphatic carbocycles. The molecule has 0 aromatic heterocycles. The maximum absolute atomic E-state index is 13.1. The summed E-state index contributed by atoms with van der Waals surface area (Å²) < 4.78 is 23.6. The van der Waals surface area contributed by atoms with Gasteiger partial charge >= 0.3 is 5.69 Å². The van der Waals surface area contributed by atoms with Crippen LogP contribution in [0.1, 0.15) is 6.92 Å². The molecule has 1 fully saturated rings. The van der Waals surface area contributed by atoms with Crippen molar-refractivity contribution in [1.29, 1.82) is 0 Å². The van der Waals surface area contributed by atoms with Crippen molar-refractivity contribution in [3.63, 3.8) is 0 Å². The Kier molecular flexibility index (Phi) is 4.69. The topological polar surface area (TPSA) is 81.9 Å². The molecule has 0 saturated carbocycles. The third-order valence-electron chi connectivity index (χ3n) is 3.06. The highest BCUT2D eigenvalue weighted by Crippen LogP contribution is 2.27. The third-order valence-corrected chi connectivity index (χ3v) is 3.06. The van der Waals surface area contributed by atoms with Crippen LogP contribution in [0.5, 0.6) is 5.75 Å². The third kappa shape index (κ3) is 3.88. The molecule has 1 aliphatic heterocycles. The molecule has 1 heterocycles. The Morgan fingerprint density at radius 2 is 2.38 bits per heavy atom. The van der Waals surface area contributed by atoms with Crippen LogP contribution in [0.2, 0.25) is 0 Å². The van der Waals surface area contributed by atoms with E-state index < -0.39 is 10.7 Å². The second kappa shape index (κ2) is 6.49. The smallest absolute Gasteiger partial charge is 0.311 e. The zero-order valence-electron chi connectivity index (χ0n) is 11.5. The van der Waals surface area contributed by atoms with Crippen LogP contribution in [-0.2, 0) is 9.53 Å². The molecule has 0 bridgehead atoms. The van der Waals surface area contributed by atoms with E-state index in [1.54, 1.807) is 4.90 Å². The van der Waals surface area contributed by atoms with Gasteiger partial charge in [0.05, 0.1) is 17.6 Å². The first kappa shape index (κ1) is 15.2. The number of nitro benzene ring substituents is 1. The van der Waals surface area contributed by atoms with Gasteiger partial charge in [-0.3, -0.25) is 14.9 Å². The molecule has 1 aliphatic rings. The molecule has 2 rings (SSSR count).